The summed E-state index contributed by atoms with van der Waals surface area (Å²) in [6.07, 6.45) is 3.31. The number of pyridine rings is 1. The number of amides is 1. The van der Waals surface area contributed by atoms with Crippen molar-refractivity contribution in [2.24, 2.45) is 0 Å². The topological polar surface area (TPSA) is 48.9 Å². The number of piperazine rings is 1. The zero-order valence-electron chi connectivity index (χ0n) is 19.3. The van der Waals surface area contributed by atoms with Crippen molar-refractivity contribution < 1.29 is 9.53 Å². The largest absolute Gasteiger partial charge is 0.490 e. The average molecular weight is 443 g/mol. The van der Waals surface area contributed by atoms with Crippen LogP contribution in [0.25, 0.3) is 11.1 Å². The lowest BCUT2D eigenvalue weighted by Crippen LogP contribution is -2.49. The third-order valence-electron chi connectivity index (χ3n) is 6.58. The van der Waals surface area contributed by atoms with Gasteiger partial charge in [0.05, 0.1) is 17.8 Å². The van der Waals surface area contributed by atoms with Crippen LogP contribution in [-0.4, -0.2) is 79.0 Å². The van der Waals surface area contributed by atoms with Gasteiger partial charge in [-0.3, -0.25) is 14.7 Å². The van der Waals surface area contributed by atoms with Crippen molar-refractivity contribution in [3.05, 3.63) is 83.7 Å². The van der Waals surface area contributed by atoms with Gasteiger partial charge in [-0.1, -0.05) is 48.5 Å². The molecule has 0 radical (unpaired) electrons. The van der Waals surface area contributed by atoms with Crippen molar-refractivity contribution in [2.75, 3.05) is 53.4 Å². The van der Waals surface area contributed by atoms with Crippen LogP contribution in [0.5, 0.6) is 5.75 Å². The van der Waals surface area contributed by atoms with E-state index in [4.69, 9.17) is 4.74 Å². The van der Waals surface area contributed by atoms with Gasteiger partial charge in [-0.15, -0.1) is 0 Å². The van der Waals surface area contributed by atoms with E-state index in [1.54, 1.807) is 18.5 Å². The minimum Gasteiger partial charge on any atom is -0.490 e. The van der Waals surface area contributed by atoms with Gasteiger partial charge in [0.15, 0.2) is 0 Å². The average Bonchev–Trinajstić information content (AvgIpc) is 3.18. The molecule has 1 aliphatic carbocycles. The summed E-state index contributed by atoms with van der Waals surface area (Å²) in [5, 5.41) is 0. The molecule has 6 heteroatoms. The Labute approximate surface area is 195 Å². The van der Waals surface area contributed by atoms with Crippen molar-refractivity contribution in [2.45, 2.75) is 6.04 Å². The molecule has 0 unspecified atom stereocenters. The van der Waals surface area contributed by atoms with Crippen LogP contribution in [0.1, 0.15) is 27.5 Å². The summed E-state index contributed by atoms with van der Waals surface area (Å²) >= 11 is 0. The molecule has 3 aromatic rings. The summed E-state index contributed by atoms with van der Waals surface area (Å²) in [7, 11) is 4.00. The van der Waals surface area contributed by atoms with Gasteiger partial charge in [-0.25, -0.2) is 0 Å². The quantitative estimate of drug-likeness (QED) is 0.584. The summed E-state index contributed by atoms with van der Waals surface area (Å²) in [6.45, 7) is 4.36. The molecule has 2 aliphatic rings. The van der Waals surface area contributed by atoms with Gasteiger partial charge < -0.3 is 14.5 Å². The summed E-state index contributed by atoms with van der Waals surface area (Å²) in [5.41, 5.74) is 5.97. The van der Waals surface area contributed by atoms with Gasteiger partial charge in [0.1, 0.15) is 12.4 Å². The highest BCUT2D eigenvalue weighted by Gasteiger charge is 2.35. The van der Waals surface area contributed by atoms with Crippen LogP contribution in [0.15, 0.2) is 67.0 Å². The van der Waals surface area contributed by atoms with Crippen LogP contribution in [0.4, 0.5) is 0 Å². The first-order valence-corrected chi connectivity index (χ1v) is 11.6. The van der Waals surface area contributed by atoms with Gasteiger partial charge in [-0.05, 0) is 42.4 Å². The molecule has 1 fully saturated rings. The van der Waals surface area contributed by atoms with Crippen LogP contribution in [0, 0.1) is 0 Å². The Kier molecular flexibility index (Phi) is 6.11. The number of carbonyl (C=O) groups excluding carboxylic acids is 1. The molecule has 170 valence electrons. The number of aromatic nitrogens is 1. The highest BCUT2D eigenvalue weighted by molar-refractivity contribution is 5.96. The lowest BCUT2D eigenvalue weighted by Gasteiger charge is -2.38. The second-order valence-corrected chi connectivity index (χ2v) is 8.93. The van der Waals surface area contributed by atoms with Crippen LogP contribution in [-0.2, 0) is 0 Å². The highest BCUT2D eigenvalue weighted by Crippen LogP contribution is 2.46. The highest BCUT2D eigenvalue weighted by atomic mass is 16.5. The van der Waals surface area contributed by atoms with Gasteiger partial charge in [0.2, 0.25) is 0 Å². The molecular weight excluding hydrogens is 412 g/mol. The van der Waals surface area contributed by atoms with Crippen molar-refractivity contribution in [3.63, 3.8) is 0 Å². The number of nitrogens with zero attached hydrogens (tertiary/aromatic N) is 4. The maximum absolute atomic E-state index is 13.3. The summed E-state index contributed by atoms with van der Waals surface area (Å²) < 4.78 is 5.88. The number of likely N-dealkylation sites (N-methyl/N-ethyl adjacent to an activating group) is 1. The number of ether oxygens (including phenoxy) is 1. The number of rotatable bonds is 6. The van der Waals surface area contributed by atoms with E-state index in [1.165, 1.54) is 22.3 Å². The monoisotopic (exact) mass is 442 g/mol. The first kappa shape index (κ1) is 21.6. The minimum atomic E-state index is 0.0177. The molecule has 0 N–H and O–H groups in total. The lowest BCUT2D eigenvalue weighted by atomic mass is 10.0. The molecule has 1 saturated heterocycles. The fraction of sp³-hybridized carbons (Fsp3) is 0.333. The van der Waals surface area contributed by atoms with Crippen LogP contribution in [0.2, 0.25) is 0 Å². The molecule has 5 rings (SSSR count). The Hall–Kier alpha value is -3.22. The fourth-order valence-corrected chi connectivity index (χ4v) is 4.89. The Morgan fingerprint density at radius 2 is 1.61 bits per heavy atom. The number of carbonyl (C=O) groups is 1. The first-order valence-electron chi connectivity index (χ1n) is 11.6. The molecule has 0 saturated carbocycles. The number of hydrogen-bond donors (Lipinski definition) is 0. The van der Waals surface area contributed by atoms with Crippen molar-refractivity contribution >= 4 is 5.91 Å². The molecule has 0 bridgehead atoms. The van der Waals surface area contributed by atoms with E-state index in [0.717, 1.165) is 19.6 Å². The summed E-state index contributed by atoms with van der Waals surface area (Å²) in [4.78, 5) is 24.0. The third-order valence-corrected chi connectivity index (χ3v) is 6.58. The molecule has 0 atom stereocenters. The predicted molar refractivity (Wildman–Crippen MR) is 129 cm³/mol. The molecule has 1 amide bonds. The molecular formula is C27H30N4O2. The van der Waals surface area contributed by atoms with Gasteiger partial charge in [0.25, 0.3) is 5.91 Å². The van der Waals surface area contributed by atoms with Crippen LogP contribution >= 0.6 is 0 Å². The fourth-order valence-electron chi connectivity index (χ4n) is 4.89. The normalized spacial score (nSPS) is 16.0. The Morgan fingerprint density at radius 1 is 0.970 bits per heavy atom. The Bertz CT molecular complexity index is 1090. The lowest BCUT2D eigenvalue weighted by molar-refractivity contribution is 0.0595. The summed E-state index contributed by atoms with van der Waals surface area (Å²) in [6, 6.07) is 19.4. The van der Waals surface area contributed by atoms with E-state index in [0.29, 0.717) is 31.0 Å². The first-order chi connectivity index (χ1) is 16.1. The molecule has 2 aromatic carbocycles. The Balaban J connectivity index is 1.29. The van der Waals surface area contributed by atoms with E-state index in [-0.39, 0.29) is 11.9 Å². The number of hydrogen-bond acceptors (Lipinski definition) is 5. The summed E-state index contributed by atoms with van der Waals surface area (Å²) in [5.74, 6) is 0.578. The van der Waals surface area contributed by atoms with Crippen LogP contribution in [0.3, 0.4) is 0 Å². The molecule has 6 nitrogen and oxygen atoms in total. The molecule has 0 spiro atoms. The Morgan fingerprint density at radius 3 is 2.24 bits per heavy atom. The van der Waals surface area contributed by atoms with E-state index in [1.807, 2.05) is 19.0 Å². The zero-order valence-corrected chi connectivity index (χ0v) is 19.3. The molecule has 2 heterocycles. The number of fused-ring (bicyclic) bond motifs is 3. The van der Waals surface area contributed by atoms with E-state index in [9.17, 15) is 4.79 Å². The number of benzene rings is 2. The third kappa shape index (κ3) is 4.24. The second kappa shape index (κ2) is 9.33. The van der Waals surface area contributed by atoms with Crippen molar-refractivity contribution in [1.29, 1.82) is 0 Å². The van der Waals surface area contributed by atoms with Crippen molar-refractivity contribution in [3.8, 4) is 16.9 Å². The van der Waals surface area contributed by atoms with Gasteiger partial charge in [0, 0.05) is 38.9 Å². The van der Waals surface area contributed by atoms with E-state index >= 15 is 0 Å². The zero-order chi connectivity index (χ0) is 22.8. The SMILES string of the molecule is CN(C)CCOc1cnccc1C(=O)N1CCN(C2c3ccccc3-c3ccccc32)CC1. The van der Waals surface area contributed by atoms with E-state index < -0.39 is 0 Å². The molecule has 1 aromatic heterocycles. The predicted octanol–water partition coefficient (Wildman–Crippen LogP) is 3.55. The maximum atomic E-state index is 13.3. The smallest absolute Gasteiger partial charge is 0.257 e. The standard InChI is InChI=1S/C27H30N4O2/c1-29(2)17-18-33-25-19-28-12-11-24(25)27(32)31-15-13-30(14-16-31)26-22-9-5-3-7-20(22)21-8-4-6-10-23(21)26/h3-12,19,26H,13-18H2,1-2H3. The van der Waals surface area contributed by atoms with E-state index in [2.05, 4.69) is 63.3 Å². The molecule has 33 heavy (non-hydrogen) atoms. The van der Waals surface area contributed by atoms with Crippen LogP contribution < -0.4 is 4.74 Å². The van der Waals surface area contributed by atoms with Crippen molar-refractivity contribution in [1.82, 2.24) is 19.7 Å². The van der Waals surface area contributed by atoms with Gasteiger partial charge in [-0.2, -0.15) is 0 Å². The maximum Gasteiger partial charge on any atom is 0.257 e. The van der Waals surface area contributed by atoms with Gasteiger partial charge >= 0.3 is 0 Å². The second-order valence-electron chi connectivity index (χ2n) is 8.93. The molecule has 1 aliphatic heterocycles. The minimum absolute atomic E-state index is 0.0177.